The van der Waals surface area contributed by atoms with Crippen molar-refractivity contribution in [3.05, 3.63) is 39.9 Å². The largest absolute Gasteiger partial charge is 0.328 e. The number of halogens is 1. The lowest BCUT2D eigenvalue weighted by molar-refractivity contribution is 0.450. The van der Waals surface area contributed by atoms with Crippen LogP contribution in [0.5, 0.6) is 0 Å². The van der Waals surface area contributed by atoms with Crippen molar-refractivity contribution in [1.29, 1.82) is 0 Å². The molecular formula is C16H22ClN3OS. The molecule has 22 heavy (non-hydrogen) atoms. The van der Waals surface area contributed by atoms with E-state index < -0.39 is 0 Å². The fraction of sp³-hybridized carbons (Fsp3) is 0.500. The third-order valence-corrected chi connectivity index (χ3v) is 5.54. The summed E-state index contributed by atoms with van der Waals surface area (Å²) in [6.45, 7) is 1.99. The maximum Gasteiger partial charge on any atom is 0.258 e. The quantitative estimate of drug-likeness (QED) is 0.901. The fourth-order valence-corrected chi connectivity index (χ4v) is 4.01. The minimum atomic E-state index is -0.0371. The van der Waals surface area contributed by atoms with E-state index in [9.17, 15) is 4.79 Å². The normalized spacial score (nSPS) is 21.5. The van der Waals surface area contributed by atoms with Crippen molar-refractivity contribution in [3.8, 4) is 0 Å². The van der Waals surface area contributed by atoms with Crippen LogP contribution in [0.3, 0.4) is 0 Å². The van der Waals surface area contributed by atoms with Crippen molar-refractivity contribution in [2.24, 2.45) is 5.73 Å². The van der Waals surface area contributed by atoms with E-state index in [0.29, 0.717) is 16.7 Å². The molecule has 3 N–H and O–H groups in total. The van der Waals surface area contributed by atoms with Gasteiger partial charge in [0.1, 0.15) is 5.82 Å². The average molecular weight is 340 g/mol. The number of aryl methyl sites for hydroxylation is 1. The lowest BCUT2D eigenvalue weighted by Gasteiger charge is -2.25. The molecule has 1 aromatic carbocycles. The number of hydrogen-bond acceptors (Lipinski definition) is 4. The van der Waals surface area contributed by atoms with Crippen molar-refractivity contribution in [2.45, 2.75) is 49.7 Å². The van der Waals surface area contributed by atoms with E-state index in [0.717, 1.165) is 35.5 Å². The topological polar surface area (TPSA) is 71.8 Å². The van der Waals surface area contributed by atoms with Crippen molar-refractivity contribution in [1.82, 2.24) is 9.97 Å². The second-order valence-electron chi connectivity index (χ2n) is 5.83. The lowest BCUT2D eigenvalue weighted by Crippen LogP contribution is -2.27. The van der Waals surface area contributed by atoms with E-state index >= 15 is 0 Å². The van der Waals surface area contributed by atoms with Gasteiger partial charge in [-0.05, 0) is 44.2 Å². The zero-order chi connectivity index (χ0) is 14.8. The average Bonchev–Trinajstić information content (AvgIpc) is 2.48. The van der Waals surface area contributed by atoms with Gasteiger partial charge in [0.2, 0.25) is 0 Å². The molecule has 3 rings (SSSR count). The molecule has 0 saturated heterocycles. The molecule has 1 aliphatic rings. The first-order valence-corrected chi connectivity index (χ1v) is 8.54. The summed E-state index contributed by atoms with van der Waals surface area (Å²) in [4.78, 5) is 19.7. The summed E-state index contributed by atoms with van der Waals surface area (Å²) in [6.07, 6.45) is 4.56. The molecule has 0 atom stereocenters. The highest BCUT2D eigenvalue weighted by Crippen LogP contribution is 2.29. The summed E-state index contributed by atoms with van der Waals surface area (Å²) in [6, 6.07) is 6.10. The number of hydrogen-bond donors (Lipinski definition) is 2. The van der Waals surface area contributed by atoms with Gasteiger partial charge >= 0.3 is 0 Å². The molecule has 1 aromatic heterocycles. The van der Waals surface area contributed by atoms with Crippen LogP contribution >= 0.6 is 24.2 Å². The number of nitrogens with zero attached hydrogens (tertiary/aromatic N) is 1. The van der Waals surface area contributed by atoms with Crippen molar-refractivity contribution >= 4 is 35.1 Å². The van der Waals surface area contributed by atoms with Gasteiger partial charge in [0.25, 0.3) is 5.56 Å². The van der Waals surface area contributed by atoms with Gasteiger partial charge in [-0.3, -0.25) is 4.79 Å². The minimum Gasteiger partial charge on any atom is -0.328 e. The van der Waals surface area contributed by atoms with Crippen LogP contribution in [-0.4, -0.2) is 21.3 Å². The number of aromatic nitrogens is 2. The molecular weight excluding hydrogens is 318 g/mol. The molecule has 1 saturated carbocycles. The van der Waals surface area contributed by atoms with E-state index in [2.05, 4.69) is 9.97 Å². The minimum absolute atomic E-state index is 0. The monoisotopic (exact) mass is 339 g/mol. The van der Waals surface area contributed by atoms with Crippen LogP contribution in [0.1, 0.15) is 37.1 Å². The molecule has 6 heteroatoms. The van der Waals surface area contributed by atoms with Gasteiger partial charge in [0.05, 0.1) is 16.7 Å². The highest BCUT2D eigenvalue weighted by atomic mass is 35.5. The van der Waals surface area contributed by atoms with Gasteiger partial charge < -0.3 is 10.7 Å². The number of para-hydroxylation sites is 1. The van der Waals surface area contributed by atoms with Gasteiger partial charge in [-0.2, -0.15) is 11.8 Å². The van der Waals surface area contributed by atoms with Crippen LogP contribution in [0.15, 0.2) is 23.0 Å². The molecule has 0 aliphatic heterocycles. The van der Waals surface area contributed by atoms with E-state index in [4.69, 9.17) is 5.73 Å². The van der Waals surface area contributed by atoms with Crippen molar-refractivity contribution in [2.75, 3.05) is 0 Å². The molecule has 0 radical (unpaired) electrons. The second-order valence-corrected chi connectivity index (χ2v) is 7.12. The molecule has 0 unspecified atom stereocenters. The Morgan fingerprint density at radius 2 is 2.05 bits per heavy atom. The predicted octanol–water partition coefficient (Wildman–Crippen LogP) is 3.16. The number of nitrogens with two attached hydrogens (primary N) is 1. The summed E-state index contributed by atoms with van der Waals surface area (Å²) in [5, 5.41) is 1.31. The van der Waals surface area contributed by atoms with Crippen LogP contribution in [0.25, 0.3) is 10.9 Å². The van der Waals surface area contributed by atoms with Crippen LogP contribution in [-0.2, 0) is 5.75 Å². The zero-order valence-electron chi connectivity index (χ0n) is 12.7. The van der Waals surface area contributed by atoms with Gasteiger partial charge in [-0.15, -0.1) is 12.4 Å². The summed E-state index contributed by atoms with van der Waals surface area (Å²) in [5.41, 5.74) is 7.77. The third kappa shape index (κ3) is 3.83. The first-order chi connectivity index (χ1) is 10.1. The number of benzene rings is 1. The van der Waals surface area contributed by atoms with E-state index in [1.807, 2.05) is 36.9 Å². The van der Waals surface area contributed by atoms with Crippen LogP contribution in [0.2, 0.25) is 0 Å². The van der Waals surface area contributed by atoms with Crippen LogP contribution in [0, 0.1) is 6.92 Å². The molecule has 1 fully saturated rings. The Kier molecular flexibility index (Phi) is 5.89. The number of fused-ring (bicyclic) bond motifs is 1. The molecule has 120 valence electrons. The van der Waals surface area contributed by atoms with Gasteiger partial charge in [-0.1, -0.05) is 12.1 Å². The SMILES string of the molecule is Cc1cccc2c(=O)[nH]c(CS[C@H]3CC[C@H](N)CC3)nc12.Cl. The first kappa shape index (κ1) is 17.3. The molecule has 2 aromatic rings. The summed E-state index contributed by atoms with van der Waals surface area (Å²) in [5.74, 6) is 1.54. The maximum atomic E-state index is 12.1. The third-order valence-electron chi connectivity index (χ3n) is 4.16. The molecule has 0 spiro atoms. The smallest absolute Gasteiger partial charge is 0.258 e. The van der Waals surface area contributed by atoms with Gasteiger partial charge in [-0.25, -0.2) is 4.98 Å². The summed E-state index contributed by atoms with van der Waals surface area (Å²) >= 11 is 1.89. The molecule has 1 heterocycles. The Morgan fingerprint density at radius 1 is 1.32 bits per heavy atom. The van der Waals surface area contributed by atoms with Gasteiger partial charge in [0, 0.05) is 11.3 Å². The van der Waals surface area contributed by atoms with Crippen molar-refractivity contribution < 1.29 is 0 Å². The van der Waals surface area contributed by atoms with Crippen LogP contribution < -0.4 is 11.3 Å². The Bertz CT molecular complexity index is 695. The summed E-state index contributed by atoms with van der Waals surface area (Å²) < 4.78 is 0. The Balaban J connectivity index is 0.00000176. The zero-order valence-corrected chi connectivity index (χ0v) is 14.3. The molecule has 1 aliphatic carbocycles. The number of nitrogens with one attached hydrogen (secondary N) is 1. The lowest BCUT2D eigenvalue weighted by atomic mass is 9.96. The van der Waals surface area contributed by atoms with Crippen molar-refractivity contribution in [3.63, 3.8) is 0 Å². The molecule has 4 nitrogen and oxygen atoms in total. The van der Waals surface area contributed by atoms with Crippen LogP contribution in [0.4, 0.5) is 0 Å². The van der Waals surface area contributed by atoms with E-state index in [1.54, 1.807) is 0 Å². The summed E-state index contributed by atoms with van der Waals surface area (Å²) in [7, 11) is 0. The maximum absolute atomic E-state index is 12.1. The van der Waals surface area contributed by atoms with E-state index in [1.165, 1.54) is 12.8 Å². The molecule has 0 bridgehead atoms. The Morgan fingerprint density at radius 3 is 2.77 bits per heavy atom. The molecule has 0 amide bonds. The highest BCUT2D eigenvalue weighted by Gasteiger charge is 2.19. The second kappa shape index (κ2) is 7.49. The van der Waals surface area contributed by atoms with Gasteiger partial charge in [0.15, 0.2) is 0 Å². The predicted molar refractivity (Wildman–Crippen MR) is 95.9 cm³/mol. The Hall–Kier alpha value is -1.04. The highest BCUT2D eigenvalue weighted by molar-refractivity contribution is 7.99. The Labute approximate surface area is 140 Å². The number of aromatic amines is 1. The fourth-order valence-electron chi connectivity index (χ4n) is 2.87. The first-order valence-electron chi connectivity index (χ1n) is 7.49. The van der Waals surface area contributed by atoms with E-state index in [-0.39, 0.29) is 18.0 Å². The number of thioether (sulfide) groups is 1. The standard InChI is InChI=1S/C16H21N3OS.ClH/c1-10-3-2-4-13-15(10)18-14(19-16(13)20)9-21-12-7-5-11(17)6-8-12;/h2-4,11-12H,5-9,17H2,1H3,(H,18,19,20);1H/t11-,12-;. The number of H-pyrrole nitrogens is 1. The number of rotatable bonds is 3.